The fourth-order valence-corrected chi connectivity index (χ4v) is 1.02. The van der Waals surface area contributed by atoms with Crippen LogP contribution in [0.15, 0.2) is 12.4 Å². The lowest BCUT2D eigenvalue weighted by Crippen LogP contribution is -2.39. The maximum Gasteiger partial charge on any atom is 0.248 e. The van der Waals surface area contributed by atoms with Gasteiger partial charge in [0, 0.05) is 12.0 Å². The minimum absolute atomic E-state index is 0.0685. The molecular formula is C9H16N4O. The van der Waals surface area contributed by atoms with E-state index in [1.165, 1.54) is 17.1 Å². The van der Waals surface area contributed by atoms with E-state index in [1.807, 2.05) is 20.9 Å². The fourth-order valence-electron chi connectivity index (χ4n) is 1.02. The van der Waals surface area contributed by atoms with E-state index >= 15 is 0 Å². The van der Waals surface area contributed by atoms with Gasteiger partial charge in [-0.1, -0.05) is 0 Å². The Hall–Kier alpha value is -1.36. The molecule has 1 aromatic heterocycles. The van der Waals surface area contributed by atoms with Crippen LogP contribution in [0.4, 0.5) is 5.69 Å². The lowest BCUT2D eigenvalue weighted by molar-refractivity contribution is 0.0853. The summed E-state index contributed by atoms with van der Waals surface area (Å²) in [6, 6.07) is 0. The van der Waals surface area contributed by atoms with Gasteiger partial charge in [-0.3, -0.25) is 4.79 Å². The molecule has 0 atom stereocenters. The molecule has 5 nitrogen and oxygen atoms in total. The van der Waals surface area contributed by atoms with E-state index in [-0.39, 0.29) is 11.4 Å². The Bertz CT molecular complexity index is 329. The van der Waals surface area contributed by atoms with Gasteiger partial charge < -0.3 is 11.1 Å². The van der Waals surface area contributed by atoms with Crippen LogP contribution < -0.4 is 11.1 Å². The van der Waals surface area contributed by atoms with Gasteiger partial charge in [-0.15, -0.1) is 0 Å². The molecule has 0 aliphatic carbocycles. The zero-order chi connectivity index (χ0) is 10.8. The lowest BCUT2D eigenvalue weighted by Gasteiger charge is -2.22. The average molecular weight is 196 g/mol. The van der Waals surface area contributed by atoms with E-state index in [1.54, 1.807) is 0 Å². The predicted molar refractivity (Wildman–Crippen MR) is 55.0 cm³/mol. The molecule has 0 bridgehead atoms. The van der Waals surface area contributed by atoms with Crippen molar-refractivity contribution in [2.75, 3.05) is 12.8 Å². The summed E-state index contributed by atoms with van der Waals surface area (Å²) < 4.78 is 1.27. The van der Waals surface area contributed by atoms with Crippen molar-refractivity contribution >= 4 is 11.6 Å². The summed E-state index contributed by atoms with van der Waals surface area (Å²) in [5, 5.41) is 6.90. The summed E-state index contributed by atoms with van der Waals surface area (Å²) in [4.78, 5) is 11.6. The number of aromatic nitrogens is 2. The maximum absolute atomic E-state index is 11.6. The van der Waals surface area contributed by atoms with Crippen LogP contribution in [0.5, 0.6) is 0 Å². The Balaban J connectivity index is 2.68. The van der Waals surface area contributed by atoms with E-state index in [0.29, 0.717) is 12.1 Å². The van der Waals surface area contributed by atoms with Gasteiger partial charge in [0.05, 0.1) is 18.1 Å². The van der Waals surface area contributed by atoms with Gasteiger partial charge in [0.2, 0.25) is 5.91 Å². The first-order chi connectivity index (χ1) is 6.44. The molecule has 1 heterocycles. The molecule has 0 radical (unpaired) electrons. The number of hydrogen-bond acceptors (Lipinski definition) is 4. The van der Waals surface area contributed by atoms with Crippen molar-refractivity contribution in [3.63, 3.8) is 0 Å². The number of nitrogens with one attached hydrogen (secondary N) is 1. The number of nitrogens with two attached hydrogens (primary N) is 1. The number of carbonyl (C=O) groups excluding carboxylic acids is 1. The van der Waals surface area contributed by atoms with Gasteiger partial charge in [-0.2, -0.15) is 5.10 Å². The Labute approximate surface area is 83.3 Å². The zero-order valence-corrected chi connectivity index (χ0v) is 8.74. The van der Waals surface area contributed by atoms with Gasteiger partial charge in [0.15, 0.2) is 0 Å². The highest BCUT2D eigenvalue weighted by Gasteiger charge is 2.20. The molecule has 0 aliphatic rings. The molecule has 1 aromatic rings. The smallest absolute Gasteiger partial charge is 0.248 e. The number of nitrogens with zero attached hydrogens (tertiary/aromatic N) is 2. The fraction of sp³-hybridized carbons (Fsp3) is 0.556. The van der Waals surface area contributed by atoms with E-state index in [4.69, 9.17) is 5.73 Å². The standard InChI is InChI=1S/C9H16N4O/c1-9(2,11-3)4-8(14)13-6-7(10)5-12-13/h5-6,11H,4,10H2,1-3H3. The van der Waals surface area contributed by atoms with Crippen molar-refractivity contribution in [3.8, 4) is 0 Å². The third-order valence-electron chi connectivity index (χ3n) is 2.13. The van der Waals surface area contributed by atoms with Crippen LogP contribution in [0.2, 0.25) is 0 Å². The molecule has 78 valence electrons. The van der Waals surface area contributed by atoms with Crippen LogP contribution >= 0.6 is 0 Å². The minimum atomic E-state index is -0.224. The van der Waals surface area contributed by atoms with Gasteiger partial charge in [0.1, 0.15) is 0 Å². The largest absolute Gasteiger partial charge is 0.396 e. The normalized spacial score (nSPS) is 11.6. The van der Waals surface area contributed by atoms with E-state index in [9.17, 15) is 4.79 Å². The Morgan fingerprint density at radius 1 is 1.71 bits per heavy atom. The molecule has 0 saturated heterocycles. The monoisotopic (exact) mass is 196 g/mol. The number of rotatable bonds is 3. The first kappa shape index (κ1) is 10.7. The highest BCUT2D eigenvalue weighted by atomic mass is 16.2. The summed E-state index contributed by atoms with van der Waals surface area (Å²) in [6.07, 6.45) is 3.36. The second kappa shape index (κ2) is 3.79. The minimum Gasteiger partial charge on any atom is -0.396 e. The van der Waals surface area contributed by atoms with Crippen molar-refractivity contribution in [2.45, 2.75) is 25.8 Å². The SMILES string of the molecule is CNC(C)(C)CC(=O)n1cc(N)cn1. The predicted octanol–water partition coefficient (Wildman–Crippen LogP) is 0.494. The van der Waals surface area contributed by atoms with E-state index in [2.05, 4.69) is 10.4 Å². The molecule has 0 amide bonds. The van der Waals surface area contributed by atoms with Crippen LogP contribution in [0.3, 0.4) is 0 Å². The first-order valence-electron chi connectivity index (χ1n) is 4.47. The molecule has 0 aromatic carbocycles. The molecular weight excluding hydrogens is 180 g/mol. The van der Waals surface area contributed by atoms with Crippen molar-refractivity contribution in [1.29, 1.82) is 0 Å². The summed E-state index contributed by atoms with van der Waals surface area (Å²) in [5.41, 5.74) is 5.74. The van der Waals surface area contributed by atoms with Crippen molar-refractivity contribution in [3.05, 3.63) is 12.4 Å². The highest BCUT2D eigenvalue weighted by Crippen LogP contribution is 2.09. The number of hydrogen-bond donors (Lipinski definition) is 2. The van der Waals surface area contributed by atoms with Gasteiger partial charge in [0.25, 0.3) is 0 Å². The molecule has 0 unspecified atom stereocenters. The first-order valence-corrected chi connectivity index (χ1v) is 4.47. The Morgan fingerprint density at radius 3 is 2.79 bits per heavy atom. The van der Waals surface area contributed by atoms with Crippen LogP contribution in [-0.2, 0) is 0 Å². The van der Waals surface area contributed by atoms with Gasteiger partial charge in [-0.25, -0.2) is 4.68 Å². The third-order valence-corrected chi connectivity index (χ3v) is 2.13. The quantitative estimate of drug-likeness (QED) is 0.738. The lowest BCUT2D eigenvalue weighted by atomic mass is 10.0. The second-order valence-corrected chi connectivity index (χ2v) is 3.92. The number of nitrogen functional groups attached to an aromatic ring is 1. The molecule has 0 saturated carbocycles. The summed E-state index contributed by atoms with van der Waals surface area (Å²) >= 11 is 0. The number of carbonyl (C=O) groups is 1. The maximum atomic E-state index is 11.6. The van der Waals surface area contributed by atoms with Crippen molar-refractivity contribution < 1.29 is 4.79 Å². The van der Waals surface area contributed by atoms with Crippen LogP contribution in [-0.4, -0.2) is 28.3 Å². The third kappa shape index (κ3) is 2.56. The molecule has 1 rings (SSSR count). The number of anilines is 1. The molecule has 14 heavy (non-hydrogen) atoms. The topological polar surface area (TPSA) is 72.9 Å². The molecule has 0 spiro atoms. The van der Waals surface area contributed by atoms with Crippen LogP contribution in [0, 0.1) is 0 Å². The molecule has 3 N–H and O–H groups in total. The summed E-state index contributed by atoms with van der Waals surface area (Å²) in [6.45, 7) is 3.91. The Morgan fingerprint density at radius 2 is 2.36 bits per heavy atom. The summed E-state index contributed by atoms with van der Waals surface area (Å²) in [7, 11) is 1.82. The van der Waals surface area contributed by atoms with Gasteiger partial charge >= 0.3 is 0 Å². The van der Waals surface area contributed by atoms with E-state index in [0.717, 1.165) is 0 Å². The van der Waals surface area contributed by atoms with Crippen molar-refractivity contribution in [2.24, 2.45) is 0 Å². The average Bonchev–Trinajstić information content (AvgIpc) is 2.51. The van der Waals surface area contributed by atoms with Crippen LogP contribution in [0.25, 0.3) is 0 Å². The second-order valence-electron chi connectivity index (χ2n) is 3.92. The van der Waals surface area contributed by atoms with Crippen molar-refractivity contribution in [1.82, 2.24) is 15.1 Å². The van der Waals surface area contributed by atoms with E-state index < -0.39 is 0 Å². The van der Waals surface area contributed by atoms with Gasteiger partial charge in [-0.05, 0) is 20.9 Å². The molecule has 5 heteroatoms. The molecule has 0 fully saturated rings. The summed E-state index contributed by atoms with van der Waals surface area (Å²) in [5.74, 6) is -0.0685. The van der Waals surface area contributed by atoms with Crippen LogP contribution in [0.1, 0.15) is 25.1 Å². The zero-order valence-electron chi connectivity index (χ0n) is 8.74. The Kier molecular flexibility index (Phi) is 2.90. The highest BCUT2D eigenvalue weighted by molar-refractivity contribution is 5.79. The molecule has 0 aliphatic heterocycles.